The molecule has 9 heteroatoms. The van der Waals surface area contributed by atoms with Crippen LogP contribution in [0.25, 0.3) is 11.1 Å². The molecule has 3 aromatic rings. The summed E-state index contributed by atoms with van der Waals surface area (Å²) in [6.45, 7) is 5.95. The Kier molecular flexibility index (Phi) is 6.55. The predicted molar refractivity (Wildman–Crippen MR) is 124 cm³/mol. The Morgan fingerprint density at radius 2 is 1.75 bits per heavy atom. The number of rotatable bonds is 6. The van der Waals surface area contributed by atoms with Crippen LogP contribution < -0.4 is 15.5 Å². The first-order chi connectivity index (χ1) is 15.5. The van der Waals surface area contributed by atoms with Crippen LogP contribution in [-0.4, -0.2) is 70.5 Å². The Labute approximate surface area is 187 Å². The highest BCUT2D eigenvalue weighted by Gasteiger charge is 2.21. The number of piperazine rings is 1. The summed E-state index contributed by atoms with van der Waals surface area (Å²) in [5, 5.41) is 0. The molecular weight excluding hydrogens is 404 g/mol. The smallest absolute Gasteiger partial charge is 0.236 e. The number of carbonyl (C=O) groups excluding carboxylic acids is 1. The zero-order valence-corrected chi connectivity index (χ0v) is 18.5. The van der Waals surface area contributed by atoms with E-state index in [9.17, 15) is 4.79 Å². The van der Waals surface area contributed by atoms with Gasteiger partial charge in [-0.15, -0.1) is 0 Å². The second-order valence-electron chi connectivity index (χ2n) is 7.93. The summed E-state index contributed by atoms with van der Waals surface area (Å²) in [6, 6.07) is 8.06. The van der Waals surface area contributed by atoms with Crippen molar-refractivity contribution in [3.8, 4) is 11.1 Å². The fourth-order valence-corrected chi connectivity index (χ4v) is 3.84. The van der Waals surface area contributed by atoms with E-state index in [1.54, 1.807) is 18.3 Å². The quantitative estimate of drug-likeness (QED) is 0.625. The summed E-state index contributed by atoms with van der Waals surface area (Å²) in [4.78, 5) is 35.6. The summed E-state index contributed by atoms with van der Waals surface area (Å²) in [6.07, 6.45) is 7.16. The molecule has 1 fully saturated rings. The number of carbonyl (C=O) groups is 1. The molecule has 1 aliphatic rings. The first-order valence-electron chi connectivity index (χ1n) is 10.7. The van der Waals surface area contributed by atoms with Gasteiger partial charge in [0, 0.05) is 69.5 Å². The van der Waals surface area contributed by atoms with E-state index in [0.717, 1.165) is 60.2 Å². The molecule has 0 unspecified atom stereocenters. The van der Waals surface area contributed by atoms with Crippen molar-refractivity contribution >= 4 is 17.7 Å². The Morgan fingerprint density at radius 1 is 1.03 bits per heavy atom. The Morgan fingerprint density at radius 3 is 2.44 bits per heavy atom. The van der Waals surface area contributed by atoms with Crippen LogP contribution in [0.4, 0.5) is 11.8 Å². The van der Waals surface area contributed by atoms with Crippen LogP contribution in [0, 0.1) is 6.92 Å². The maximum absolute atomic E-state index is 11.7. The van der Waals surface area contributed by atoms with Gasteiger partial charge in [0.1, 0.15) is 12.1 Å². The molecule has 0 saturated carbocycles. The monoisotopic (exact) mass is 432 g/mol. The van der Waals surface area contributed by atoms with Crippen molar-refractivity contribution in [2.45, 2.75) is 13.5 Å². The van der Waals surface area contributed by atoms with E-state index in [1.165, 1.54) is 0 Å². The second kappa shape index (κ2) is 9.69. The number of anilines is 2. The van der Waals surface area contributed by atoms with Crippen molar-refractivity contribution in [3.63, 3.8) is 0 Å². The Hall–Kier alpha value is -3.59. The maximum Gasteiger partial charge on any atom is 0.236 e. The van der Waals surface area contributed by atoms with Gasteiger partial charge in [0.25, 0.3) is 0 Å². The number of aryl methyl sites for hydroxylation is 1. The van der Waals surface area contributed by atoms with Gasteiger partial charge in [-0.2, -0.15) is 0 Å². The zero-order valence-electron chi connectivity index (χ0n) is 18.5. The largest absolute Gasteiger partial charge is 0.353 e. The molecule has 1 saturated heterocycles. The summed E-state index contributed by atoms with van der Waals surface area (Å²) >= 11 is 0. The van der Waals surface area contributed by atoms with Crippen molar-refractivity contribution in [2.24, 2.45) is 5.73 Å². The average molecular weight is 433 g/mol. The molecule has 0 radical (unpaired) electrons. The minimum absolute atomic E-state index is 0.0123. The molecule has 1 aliphatic heterocycles. The molecule has 32 heavy (non-hydrogen) atoms. The fourth-order valence-electron chi connectivity index (χ4n) is 3.84. The fraction of sp³-hybridized carbons (Fsp3) is 0.348. The van der Waals surface area contributed by atoms with E-state index in [0.29, 0.717) is 6.54 Å². The lowest BCUT2D eigenvalue weighted by atomic mass is 10.1. The second-order valence-corrected chi connectivity index (χ2v) is 7.93. The number of hydrogen-bond donors (Lipinski definition) is 1. The third kappa shape index (κ3) is 4.83. The number of nitrogens with zero attached hydrogens (tertiary/aromatic N) is 7. The molecule has 1 aromatic carbocycles. The zero-order chi connectivity index (χ0) is 22.5. The van der Waals surface area contributed by atoms with Crippen LogP contribution in [0.2, 0.25) is 0 Å². The predicted octanol–water partition coefficient (Wildman–Crippen LogP) is 1.49. The van der Waals surface area contributed by atoms with Gasteiger partial charge >= 0.3 is 0 Å². The third-order valence-electron chi connectivity index (χ3n) is 5.65. The number of benzene rings is 1. The van der Waals surface area contributed by atoms with Gasteiger partial charge in [-0.25, -0.2) is 19.9 Å². The number of likely N-dealkylation sites (N-methyl/N-ethyl adjacent to an activating group) is 1. The lowest BCUT2D eigenvalue weighted by molar-refractivity contribution is -0.128. The van der Waals surface area contributed by atoms with Gasteiger partial charge in [0.05, 0.1) is 6.54 Å². The molecule has 3 heterocycles. The summed E-state index contributed by atoms with van der Waals surface area (Å²) in [5.41, 5.74) is 9.53. The van der Waals surface area contributed by atoms with Gasteiger partial charge in [0.2, 0.25) is 11.9 Å². The molecule has 166 valence electrons. The third-order valence-corrected chi connectivity index (χ3v) is 5.65. The van der Waals surface area contributed by atoms with E-state index in [-0.39, 0.29) is 12.5 Å². The van der Waals surface area contributed by atoms with Gasteiger partial charge in [0.15, 0.2) is 0 Å². The maximum atomic E-state index is 11.7. The Bertz CT molecular complexity index is 1060. The van der Waals surface area contributed by atoms with Crippen molar-refractivity contribution < 1.29 is 4.79 Å². The van der Waals surface area contributed by atoms with Crippen LogP contribution in [-0.2, 0) is 11.3 Å². The lowest BCUT2D eigenvalue weighted by Gasteiger charge is -2.35. The first kappa shape index (κ1) is 21.6. The van der Waals surface area contributed by atoms with E-state index in [2.05, 4.69) is 35.8 Å². The minimum Gasteiger partial charge on any atom is -0.353 e. The summed E-state index contributed by atoms with van der Waals surface area (Å²) in [5.74, 6) is 1.64. The van der Waals surface area contributed by atoms with E-state index < -0.39 is 0 Å². The minimum atomic E-state index is -0.0851. The first-order valence-corrected chi connectivity index (χ1v) is 10.7. The Balaban J connectivity index is 1.40. The van der Waals surface area contributed by atoms with Gasteiger partial charge in [-0.3, -0.25) is 4.79 Å². The topological polar surface area (TPSA) is 104 Å². The molecular formula is C23H28N8O. The van der Waals surface area contributed by atoms with Crippen molar-refractivity contribution in [3.05, 3.63) is 60.3 Å². The van der Waals surface area contributed by atoms with Crippen LogP contribution in [0.5, 0.6) is 0 Å². The molecule has 2 aromatic heterocycles. The highest BCUT2D eigenvalue weighted by Crippen LogP contribution is 2.22. The molecule has 0 spiro atoms. The van der Waals surface area contributed by atoms with Crippen molar-refractivity contribution in [1.82, 2.24) is 24.8 Å². The summed E-state index contributed by atoms with van der Waals surface area (Å²) < 4.78 is 0. The highest BCUT2D eigenvalue weighted by atomic mass is 16.2. The van der Waals surface area contributed by atoms with Crippen molar-refractivity contribution in [1.29, 1.82) is 0 Å². The van der Waals surface area contributed by atoms with E-state index >= 15 is 0 Å². The highest BCUT2D eigenvalue weighted by molar-refractivity contribution is 5.77. The summed E-state index contributed by atoms with van der Waals surface area (Å²) in [7, 11) is 1.76. The normalized spacial score (nSPS) is 13.8. The van der Waals surface area contributed by atoms with Crippen molar-refractivity contribution in [2.75, 3.05) is 49.6 Å². The molecule has 0 bridgehead atoms. The number of aromatic nitrogens is 4. The van der Waals surface area contributed by atoms with E-state index in [4.69, 9.17) is 5.73 Å². The van der Waals surface area contributed by atoms with Crippen LogP contribution in [0.1, 0.15) is 11.1 Å². The van der Waals surface area contributed by atoms with Gasteiger partial charge < -0.3 is 20.4 Å². The number of nitrogens with two attached hydrogens (primary N) is 1. The number of hydrogen-bond acceptors (Lipinski definition) is 8. The molecule has 0 atom stereocenters. The van der Waals surface area contributed by atoms with E-state index in [1.807, 2.05) is 43.7 Å². The number of amides is 1. The van der Waals surface area contributed by atoms with Gasteiger partial charge in [-0.1, -0.05) is 18.2 Å². The average Bonchev–Trinajstić information content (AvgIpc) is 2.84. The van der Waals surface area contributed by atoms with Crippen LogP contribution in [0.3, 0.4) is 0 Å². The molecule has 0 aliphatic carbocycles. The lowest BCUT2D eigenvalue weighted by Crippen LogP contribution is -2.47. The molecule has 2 N–H and O–H groups in total. The molecule has 4 rings (SSSR count). The van der Waals surface area contributed by atoms with Crippen LogP contribution in [0.15, 0.2) is 49.2 Å². The van der Waals surface area contributed by atoms with Gasteiger partial charge in [-0.05, 0) is 24.1 Å². The molecule has 9 nitrogen and oxygen atoms in total. The van der Waals surface area contributed by atoms with Crippen LogP contribution >= 0.6 is 0 Å². The SMILES string of the molecule is Cc1cncnc1N1CCN(c2ncc(-c3cccc(CN(C)C(=O)CN)c3)cn2)CC1. The standard InChI is InChI=1S/C23H28N8O/c1-17-12-25-16-28-22(17)30-6-8-31(9-7-30)23-26-13-20(14-27-23)19-5-3-4-18(10-19)15-29(2)21(32)11-24/h3-5,10,12-14,16H,6-9,11,15,24H2,1-2H3. The molecule has 1 amide bonds.